The van der Waals surface area contributed by atoms with Crippen LogP contribution in [0.15, 0.2) is 54.6 Å². The Kier molecular flexibility index (Phi) is 5.64. The summed E-state index contributed by atoms with van der Waals surface area (Å²) < 4.78 is 7.26. The summed E-state index contributed by atoms with van der Waals surface area (Å²) in [5.41, 5.74) is 2.36. The van der Waals surface area contributed by atoms with E-state index in [1.54, 1.807) is 7.11 Å². The molecular formula is C21H26N6O. The molecule has 4 rings (SSSR count). The number of hydrogen-bond donors (Lipinski definition) is 0. The van der Waals surface area contributed by atoms with Gasteiger partial charge in [-0.1, -0.05) is 42.5 Å². The van der Waals surface area contributed by atoms with Gasteiger partial charge in [-0.15, -0.1) is 5.10 Å². The molecule has 28 heavy (non-hydrogen) atoms. The Hall–Kier alpha value is -2.77. The van der Waals surface area contributed by atoms with Crippen LogP contribution in [-0.2, 0) is 6.54 Å². The van der Waals surface area contributed by atoms with Gasteiger partial charge < -0.3 is 9.64 Å². The van der Waals surface area contributed by atoms with Crippen LogP contribution in [0.2, 0.25) is 0 Å². The van der Waals surface area contributed by atoms with Crippen LogP contribution in [0.25, 0.3) is 0 Å². The lowest BCUT2D eigenvalue weighted by atomic mass is 10.0. The first-order chi connectivity index (χ1) is 13.7. The summed E-state index contributed by atoms with van der Waals surface area (Å²) >= 11 is 0. The first kappa shape index (κ1) is 18.6. The Morgan fingerprint density at radius 3 is 2.36 bits per heavy atom. The molecule has 7 heteroatoms. The highest BCUT2D eigenvalue weighted by Gasteiger charge is 2.30. The number of ether oxygens (including phenoxy) is 1. The number of benzene rings is 2. The third kappa shape index (κ3) is 4.05. The smallest absolute Gasteiger partial charge is 0.173 e. The van der Waals surface area contributed by atoms with Crippen molar-refractivity contribution in [1.82, 2.24) is 30.0 Å². The molecule has 0 saturated carbocycles. The molecular weight excluding hydrogens is 352 g/mol. The van der Waals surface area contributed by atoms with Crippen LogP contribution in [0, 0.1) is 0 Å². The average Bonchev–Trinajstić information content (AvgIpc) is 3.18. The number of nitrogens with zero attached hydrogens (tertiary/aromatic N) is 6. The van der Waals surface area contributed by atoms with Gasteiger partial charge in [0.25, 0.3) is 0 Å². The molecule has 2 heterocycles. The van der Waals surface area contributed by atoms with Crippen molar-refractivity contribution >= 4 is 0 Å². The average molecular weight is 378 g/mol. The fraction of sp³-hybridized carbons (Fsp3) is 0.381. The highest BCUT2D eigenvalue weighted by Crippen LogP contribution is 2.29. The molecule has 2 aromatic carbocycles. The maximum atomic E-state index is 5.34. The van der Waals surface area contributed by atoms with Crippen molar-refractivity contribution in [2.75, 3.05) is 40.3 Å². The van der Waals surface area contributed by atoms with Gasteiger partial charge >= 0.3 is 0 Å². The fourth-order valence-corrected chi connectivity index (χ4v) is 3.67. The third-order valence-electron chi connectivity index (χ3n) is 5.31. The van der Waals surface area contributed by atoms with Gasteiger partial charge in [0.05, 0.1) is 19.7 Å². The van der Waals surface area contributed by atoms with Crippen molar-refractivity contribution in [1.29, 1.82) is 0 Å². The normalized spacial score (nSPS) is 16.8. The fourth-order valence-electron chi connectivity index (χ4n) is 3.67. The van der Waals surface area contributed by atoms with Gasteiger partial charge in [0.2, 0.25) is 0 Å². The number of likely N-dealkylation sites (N-methyl/N-ethyl adjacent to an activating group) is 1. The quantitative estimate of drug-likeness (QED) is 0.654. The molecule has 0 unspecified atom stereocenters. The monoisotopic (exact) mass is 378 g/mol. The summed E-state index contributed by atoms with van der Waals surface area (Å²) in [6.07, 6.45) is 0. The van der Waals surface area contributed by atoms with Crippen LogP contribution in [0.5, 0.6) is 5.75 Å². The summed E-state index contributed by atoms with van der Waals surface area (Å²) in [5, 5.41) is 12.7. The van der Waals surface area contributed by atoms with Gasteiger partial charge in [0.15, 0.2) is 5.82 Å². The molecule has 3 aromatic rings. The highest BCUT2D eigenvalue weighted by atomic mass is 16.5. The number of aromatic nitrogens is 4. The lowest BCUT2D eigenvalue weighted by Crippen LogP contribution is -2.46. The van der Waals surface area contributed by atoms with Crippen molar-refractivity contribution in [2.45, 2.75) is 12.6 Å². The van der Waals surface area contributed by atoms with E-state index in [1.165, 1.54) is 11.1 Å². The molecule has 0 N–H and O–H groups in total. The summed E-state index contributed by atoms with van der Waals surface area (Å²) in [5.74, 6) is 1.73. The summed E-state index contributed by atoms with van der Waals surface area (Å²) in [6, 6.07) is 18.6. The number of rotatable bonds is 6. The Balaban J connectivity index is 1.68. The molecule has 0 radical (unpaired) electrons. The zero-order valence-electron chi connectivity index (χ0n) is 16.4. The van der Waals surface area contributed by atoms with E-state index in [0.29, 0.717) is 6.54 Å². The van der Waals surface area contributed by atoms with Crippen LogP contribution in [0.1, 0.15) is 23.0 Å². The second-order valence-electron chi connectivity index (χ2n) is 7.20. The molecule has 1 aromatic heterocycles. The summed E-state index contributed by atoms with van der Waals surface area (Å²) in [7, 11) is 3.85. The topological polar surface area (TPSA) is 59.3 Å². The van der Waals surface area contributed by atoms with E-state index in [-0.39, 0.29) is 6.04 Å². The van der Waals surface area contributed by atoms with Crippen LogP contribution < -0.4 is 4.74 Å². The van der Waals surface area contributed by atoms with Gasteiger partial charge in [-0.05, 0) is 40.7 Å². The SMILES string of the molecule is COc1ccc([C@H](c2nnnn2Cc2ccccc2)N2CCN(C)CC2)cc1. The Morgan fingerprint density at radius 2 is 1.68 bits per heavy atom. The lowest BCUT2D eigenvalue weighted by molar-refractivity contribution is 0.121. The van der Waals surface area contributed by atoms with Gasteiger partial charge in [-0.25, -0.2) is 4.68 Å². The van der Waals surface area contributed by atoms with E-state index in [0.717, 1.165) is 37.8 Å². The van der Waals surface area contributed by atoms with Crippen molar-refractivity contribution in [2.24, 2.45) is 0 Å². The van der Waals surface area contributed by atoms with Crippen molar-refractivity contribution in [3.05, 3.63) is 71.5 Å². The zero-order chi connectivity index (χ0) is 19.3. The lowest BCUT2D eigenvalue weighted by Gasteiger charge is -2.37. The minimum absolute atomic E-state index is 0.0123. The van der Waals surface area contributed by atoms with E-state index in [1.807, 2.05) is 35.0 Å². The summed E-state index contributed by atoms with van der Waals surface area (Å²) in [4.78, 5) is 4.82. The number of hydrogen-bond acceptors (Lipinski definition) is 6. The van der Waals surface area contributed by atoms with Crippen LogP contribution in [-0.4, -0.2) is 70.3 Å². The Bertz CT molecular complexity index is 871. The maximum Gasteiger partial charge on any atom is 0.173 e. The minimum atomic E-state index is 0.0123. The molecule has 146 valence electrons. The first-order valence-corrected chi connectivity index (χ1v) is 9.61. The second-order valence-corrected chi connectivity index (χ2v) is 7.20. The molecule has 1 aliphatic rings. The van der Waals surface area contributed by atoms with Gasteiger partial charge in [0.1, 0.15) is 5.75 Å². The third-order valence-corrected chi connectivity index (χ3v) is 5.31. The minimum Gasteiger partial charge on any atom is -0.497 e. The van der Waals surface area contributed by atoms with E-state index in [2.05, 4.69) is 56.6 Å². The second kappa shape index (κ2) is 8.50. The van der Waals surface area contributed by atoms with E-state index < -0.39 is 0 Å². The van der Waals surface area contributed by atoms with E-state index in [9.17, 15) is 0 Å². The van der Waals surface area contributed by atoms with Crippen molar-refractivity contribution in [3.8, 4) is 5.75 Å². The van der Waals surface area contributed by atoms with Crippen LogP contribution in [0.4, 0.5) is 0 Å². The first-order valence-electron chi connectivity index (χ1n) is 9.61. The van der Waals surface area contributed by atoms with Crippen molar-refractivity contribution < 1.29 is 4.74 Å². The standard InChI is InChI=1S/C21H26N6O/c1-25-12-14-26(15-13-25)20(18-8-10-19(28-2)11-9-18)21-22-23-24-27(21)16-17-6-4-3-5-7-17/h3-11,20H,12-16H2,1-2H3/t20-/m1/s1. The van der Waals surface area contributed by atoms with Gasteiger partial charge in [-0.3, -0.25) is 4.90 Å². The molecule has 1 aliphatic heterocycles. The number of piperazine rings is 1. The summed E-state index contributed by atoms with van der Waals surface area (Å²) in [6.45, 7) is 4.68. The van der Waals surface area contributed by atoms with E-state index >= 15 is 0 Å². The molecule has 7 nitrogen and oxygen atoms in total. The molecule has 0 spiro atoms. The molecule has 0 bridgehead atoms. The molecule has 0 amide bonds. The predicted octanol–water partition coefficient (Wildman–Crippen LogP) is 2.07. The highest BCUT2D eigenvalue weighted by molar-refractivity contribution is 5.32. The van der Waals surface area contributed by atoms with Gasteiger partial charge in [-0.2, -0.15) is 0 Å². The van der Waals surface area contributed by atoms with E-state index in [4.69, 9.17) is 4.74 Å². The molecule has 1 saturated heterocycles. The zero-order valence-corrected chi connectivity index (χ0v) is 16.4. The van der Waals surface area contributed by atoms with Crippen LogP contribution >= 0.6 is 0 Å². The van der Waals surface area contributed by atoms with Gasteiger partial charge in [0, 0.05) is 26.2 Å². The number of methoxy groups -OCH3 is 1. The molecule has 1 atom stereocenters. The van der Waals surface area contributed by atoms with Crippen LogP contribution in [0.3, 0.4) is 0 Å². The number of tetrazole rings is 1. The molecule has 1 fully saturated rings. The predicted molar refractivity (Wildman–Crippen MR) is 107 cm³/mol. The van der Waals surface area contributed by atoms with Crippen molar-refractivity contribution in [3.63, 3.8) is 0 Å². The Morgan fingerprint density at radius 1 is 0.964 bits per heavy atom. The molecule has 0 aliphatic carbocycles. The Labute approximate surface area is 165 Å². The largest absolute Gasteiger partial charge is 0.497 e. The maximum absolute atomic E-state index is 5.34.